The van der Waals surface area contributed by atoms with Crippen molar-refractivity contribution in [2.24, 2.45) is 0 Å². The molecule has 0 radical (unpaired) electrons. The van der Waals surface area contributed by atoms with Crippen LogP contribution in [0.2, 0.25) is 5.02 Å². The highest BCUT2D eigenvalue weighted by atomic mass is 35.5. The van der Waals surface area contributed by atoms with Crippen molar-refractivity contribution in [2.75, 3.05) is 19.5 Å². The molecule has 166 valence electrons. The van der Waals surface area contributed by atoms with Crippen molar-refractivity contribution >= 4 is 39.8 Å². The van der Waals surface area contributed by atoms with Crippen LogP contribution in [0.4, 0.5) is 5.13 Å². The van der Waals surface area contributed by atoms with Crippen molar-refractivity contribution in [2.45, 2.75) is 41.6 Å². The molecule has 0 aliphatic carbocycles. The number of aliphatic hydroxyl groups excluding tert-OH is 2. The number of hydrogen-bond donors (Lipinski definition) is 3. The second-order valence-corrected chi connectivity index (χ2v) is 9.38. The molecule has 5 unspecified atom stereocenters. The van der Waals surface area contributed by atoms with Gasteiger partial charge < -0.3 is 25.4 Å². The van der Waals surface area contributed by atoms with Crippen molar-refractivity contribution in [3.63, 3.8) is 0 Å². The molecule has 10 nitrogen and oxygen atoms in total. The molecule has 4 heterocycles. The minimum Gasteiger partial charge on any atom is -0.394 e. The standard InChI is InChI=1S/C18H21ClN6O4S2/c1-8-13(3-9(19)4-21-8)31-17-16(28-2)14(15(27)12(6-26)29-17)25-5-10(23-24-25)11-7-30-18(20)22-11/h3-5,7,12,14-17,26-27H,6H2,1-2H3,(H2,20,22). The molecular formula is C18H21ClN6O4S2. The quantitative estimate of drug-likeness (QED) is 0.473. The van der Waals surface area contributed by atoms with E-state index < -0.39 is 29.8 Å². The lowest BCUT2D eigenvalue weighted by Crippen LogP contribution is -2.55. The van der Waals surface area contributed by atoms with E-state index in [9.17, 15) is 10.2 Å². The Hall–Kier alpha value is -1.80. The number of methoxy groups -OCH3 is 1. The number of nitrogens with zero attached hydrogens (tertiary/aromatic N) is 5. The Bertz CT molecular complexity index is 1050. The minimum atomic E-state index is -1.08. The first-order chi connectivity index (χ1) is 14.9. The van der Waals surface area contributed by atoms with Crippen LogP contribution in [0.5, 0.6) is 0 Å². The largest absolute Gasteiger partial charge is 0.394 e. The smallest absolute Gasteiger partial charge is 0.180 e. The molecule has 1 aliphatic rings. The first kappa shape index (κ1) is 22.4. The predicted octanol–water partition coefficient (Wildman–Crippen LogP) is 1.77. The van der Waals surface area contributed by atoms with Gasteiger partial charge in [-0.3, -0.25) is 4.98 Å². The zero-order valence-electron chi connectivity index (χ0n) is 16.6. The van der Waals surface area contributed by atoms with Gasteiger partial charge >= 0.3 is 0 Å². The topological polar surface area (TPSA) is 141 Å². The van der Waals surface area contributed by atoms with Gasteiger partial charge in [-0.05, 0) is 13.0 Å². The third-order valence-electron chi connectivity index (χ3n) is 4.95. The molecule has 13 heteroatoms. The fraction of sp³-hybridized carbons (Fsp3) is 0.444. The van der Waals surface area contributed by atoms with E-state index in [4.69, 9.17) is 26.8 Å². The second-order valence-electron chi connectivity index (χ2n) is 6.92. The molecule has 0 bridgehead atoms. The van der Waals surface area contributed by atoms with Crippen molar-refractivity contribution in [1.29, 1.82) is 0 Å². The van der Waals surface area contributed by atoms with E-state index in [1.807, 2.05) is 6.92 Å². The van der Waals surface area contributed by atoms with E-state index in [0.717, 1.165) is 10.6 Å². The Morgan fingerprint density at radius 1 is 1.42 bits per heavy atom. The molecule has 4 N–H and O–H groups in total. The second kappa shape index (κ2) is 9.36. The summed E-state index contributed by atoms with van der Waals surface area (Å²) in [6.07, 6.45) is 0.699. The van der Waals surface area contributed by atoms with E-state index in [2.05, 4.69) is 20.3 Å². The zero-order chi connectivity index (χ0) is 22.1. The first-order valence-corrected chi connectivity index (χ1v) is 11.4. The molecule has 1 saturated heterocycles. The number of aliphatic hydroxyl groups is 2. The third kappa shape index (κ3) is 4.55. The van der Waals surface area contributed by atoms with Crippen LogP contribution >= 0.6 is 34.7 Å². The van der Waals surface area contributed by atoms with Gasteiger partial charge in [-0.1, -0.05) is 28.6 Å². The van der Waals surface area contributed by atoms with E-state index in [-0.39, 0.29) is 6.61 Å². The van der Waals surface area contributed by atoms with Crippen LogP contribution in [0.1, 0.15) is 11.7 Å². The highest BCUT2D eigenvalue weighted by molar-refractivity contribution is 7.99. The van der Waals surface area contributed by atoms with Crippen LogP contribution in [0.25, 0.3) is 11.4 Å². The normalized spacial score (nSPS) is 26.3. The lowest BCUT2D eigenvalue weighted by atomic mass is 9.97. The molecular weight excluding hydrogens is 464 g/mol. The van der Waals surface area contributed by atoms with Crippen LogP contribution in [-0.2, 0) is 9.47 Å². The number of thiazole rings is 1. The van der Waals surface area contributed by atoms with Crippen molar-refractivity contribution in [3.05, 3.63) is 34.6 Å². The Kier molecular flexibility index (Phi) is 6.77. The molecule has 3 aromatic rings. The summed E-state index contributed by atoms with van der Waals surface area (Å²) in [7, 11) is 1.53. The van der Waals surface area contributed by atoms with E-state index >= 15 is 0 Å². The maximum Gasteiger partial charge on any atom is 0.180 e. The molecule has 4 rings (SSSR count). The number of pyridine rings is 1. The van der Waals surface area contributed by atoms with Crippen molar-refractivity contribution in [3.8, 4) is 11.4 Å². The number of halogens is 1. The summed E-state index contributed by atoms with van der Waals surface area (Å²) >= 11 is 8.77. The van der Waals surface area contributed by atoms with Gasteiger partial charge in [0.1, 0.15) is 41.2 Å². The molecule has 0 saturated carbocycles. The monoisotopic (exact) mass is 484 g/mol. The Morgan fingerprint density at radius 3 is 2.90 bits per heavy atom. The number of ether oxygens (including phenoxy) is 2. The number of rotatable bonds is 6. The van der Waals surface area contributed by atoms with Crippen LogP contribution in [0.15, 0.2) is 28.7 Å². The maximum atomic E-state index is 10.9. The van der Waals surface area contributed by atoms with E-state index in [0.29, 0.717) is 21.5 Å². The third-order valence-corrected chi connectivity index (χ3v) is 7.11. The molecule has 31 heavy (non-hydrogen) atoms. The highest BCUT2D eigenvalue weighted by Gasteiger charge is 2.47. The number of hydrogen-bond acceptors (Lipinski definition) is 11. The van der Waals surface area contributed by atoms with Gasteiger partial charge in [0.15, 0.2) is 5.13 Å². The summed E-state index contributed by atoms with van der Waals surface area (Å²) in [5.74, 6) is 0. The van der Waals surface area contributed by atoms with Crippen LogP contribution < -0.4 is 5.73 Å². The highest BCUT2D eigenvalue weighted by Crippen LogP contribution is 2.40. The first-order valence-electron chi connectivity index (χ1n) is 9.30. The van der Waals surface area contributed by atoms with Crippen molar-refractivity contribution in [1.82, 2.24) is 25.0 Å². The number of nitrogens with two attached hydrogens (primary N) is 1. The van der Waals surface area contributed by atoms with Crippen LogP contribution in [0, 0.1) is 6.92 Å². The molecule has 1 fully saturated rings. The number of thioether (sulfide) groups is 1. The zero-order valence-corrected chi connectivity index (χ0v) is 19.0. The van der Waals surface area contributed by atoms with Gasteiger partial charge in [0.25, 0.3) is 0 Å². The van der Waals surface area contributed by atoms with Gasteiger partial charge in [0, 0.05) is 23.6 Å². The number of aromatic nitrogens is 5. The number of nitrogen functional groups attached to an aromatic ring is 1. The SMILES string of the molecule is COC1C(Sc2cc(Cl)cnc2C)OC(CO)C(O)C1n1cc(-c2csc(N)n2)nn1. The van der Waals surface area contributed by atoms with E-state index in [1.165, 1.54) is 34.9 Å². The van der Waals surface area contributed by atoms with Gasteiger partial charge in [-0.15, -0.1) is 16.4 Å². The predicted molar refractivity (Wildman–Crippen MR) is 117 cm³/mol. The van der Waals surface area contributed by atoms with Crippen LogP contribution in [0.3, 0.4) is 0 Å². The lowest BCUT2D eigenvalue weighted by molar-refractivity contribution is -0.186. The Labute approximate surface area is 191 Å². The maximum absolute atomic E-state index is 10.9. The fourth-order valence-corrected chi connectivity index (χ4v) is 5.44. The lowest BCUT2D eigenvalue weighted by Gasteiger charge is -2.43. The van der Waals surface area contributed by atoms with Gasteiger partial charge in [0.05, 0.1) is 23.5 Å². The Morgan fingerprint density at radius 2 is 2.23 bits per heavy atom. The van der Waals surface area contributed by atoms with Crippen LogP contribution in [-0.4, -0.2) is 72.6 Å². The minimum absolute atomic E-state index is 0.373. The van der Waals surface area contributed by atoms with Gasteiger partial charge in [-0.25, -0.2) is 9.67 Å². The molecule has 5 atom stereocenters. The summed E-state index contributed by atoms with van der Waals surface area (Å²) in [4.78, 5) is 9.30. The van der Waals surface area contributed by atoms with Gasteiger partial charge in [0.2, 0.25) is 0 Å². The molecule has 0 aromatic carbocycles. The van der Waals surface area contributed by atoms with Crippen molar-refractivity contribution < 1.29 is 19.7 Å². The number of anilines is 1. The van der Waals surface area contributed by atoms with Gasteiger partial charge in [-0.2, -0.15) is 0 Å². The number of aryl methyl sites for hydroxylation is 1. The molecule has 0 amide bonds. The Balaban J connectivity index is 1.66. The summed E-state index contributed by atoms with van der Waals surface area (Å²) < 4.78 is 13.2. The fourth-order valence-electron chi connectivity index (χ4n) is 3.39. The summed E-state index contributed by atoms with van der Waals surface area (Å²) in [6, 6.07) is 1.12. The summed E-state index contributed by atoms with van der Waals surface area (Å²) in [5, 5.41) is 31.8. The average Bonchev–Trinajstić information content (AvgIpc) is 3.40. The average molecular weight is 485 g/mol. The van der Waals surface area contributed by atoms with E-state index in [1.54, 1.807) is 23.8 Å². The summed E-state index contributed by atoms with van der Waals surface area (Å²) in [6.45, 7) is 1.49. The molecule has 0 spiro atoms. The molecule has 3 aromatic heterocycles. The molecule has 1 aliphatic heterocycles. The summed E-state index contributed by atoms with van der Waals surface area (Å²) in [5.41, 5.74) is 7.03.